The summed E-state index contributed by atoms with van der Waals surface area (Å²) in [6.07, 6.45) is 0. The molecule has 11 aromatic rings. The van der Waals surface area contributed by atoms with E-state index in [-0.39, 0.29) is 0 Å². The zero-order valence-electron chi connectivity index (χ0n) is 30.2. The van der Waals surface area contributed by atoms with Gasteiger partial charge in [-0.25, -0.2) is 15.0 Å². The molecule has 3 aromatic heterocycles. The molecule has 0 radical (unpaired) electrons. The van der Waals surface area contributed by atoms with E-state index in [0.29, 0.717) is 17.5 Å². The molecule has 8 aromatic carbocycles. The molecule has 4 nitrogen and oxygen atoms in total. The fraction of sp³-hybridized carbons (Fsp3) is 0. The van der Waals surface area contributed by atoms with Crippen LogP contribution in [0.15, 0.2) is 194 Å². The fourth-order valence-electron chi connectivity index (χ4n) is 7.89. The molecular formula is C51H32N4S. The topological polar surface area (TPSA) is 43.6 Å². The normalized spacial score (nSPS) is 11.6. The third-order valence-electron chi connectivity index (χ3n) is 10.7. The van der Waals surface area contributed by atoms with Crippen LogP contribution in [-0.4, -0.2) is 19.5 Å². The van der Waals surface area contributed by atoms with Gasteiger partial charge in [-0.05, 0) is 70.8 Å². The van der Waals surface area contributed by atoms with Gasteiger partial charge in [0.05, 0.1) is 11.0 Å². The van der Waals surface area contributed by atoms with Crippen LogP contribution in [-0.2, 0) is 0 Å². The van der Waals surface area contributed by atoms with E-state index in [1.807, 2.05) is 72.0 Å². The second kappa shape index (κ2) is 13.3. The van der Waals surface area contributed by atoms with Crippen LogP contribution in [0, 0.1) is 0 Å². The lowest BCUT2D eigenvalue weighted by molar-refractivity contribution is 1.07. The third-order valence-corrected chi connectivity index (χ3v) is 11.8. The van der Waals surface area contributed by atoms with E-state index in [2.05, 4.69) is 138 Å². The summed E-state index contributed by atoms with van der Waals surface area (Å²) in [6, 6.07) is 68.8. The maximum atomic E-state index is 4.91. The van der Waals surface area contributed by atoms with Gasteiger partial charge >= 0.3 is 0 Å². The number of hydrogen-bond donors (Lipinski definition) is 0. The molecule has 0 saturated heterocycles. The quantitative estimate of drug-likeness (QED) is 0.171. The Morgan fingerprint density at radius 3 is 1.41 bits per heavy atom. The lowest BCUT2D eigenvalue weighted by Gasteiger charge is -2.11. The number of nitrogens with zero attached hydrogens (tertiary/aromatic N) is 4. The molecule has 0 bridgehead atoms. The average Bonchev–Trinajstić information content (AvgIpc) is 3.82. The molecule has 0 aliphatic heterocycles. The monoisotopic (exact) mass is 732 g/mol. The maximum absolute atomic E-state index is 4.91. The van der Waals surface area contributed by atoms with Crippen molar-refractivity contribution in [3.8, 4) is 62.1 Å². The van der Waals surface area contributed by atoms with Gasteiger partial charge in [-0.3, -0.25) is 0 Å². The summed E-state index contributed by atoms with van der Waals surface area (Å²) in [5, 5.41) is 5.14. The summed E-state index contributed by atoms with van der Waals surface area (Å²) in [7, 11) is 0. The molecule has 5 heteroatoms. The highest BCUT2D eigenvalue weighted by molar-refractivity contribution is 7.25. The van der Waals surface area contributed by atoms with Gasteiger partial charge in [0.2, 0.25) is 0 Å². The molecule has 0 fully saturated rings. The predicted octanol–water partition coefficient (Wildman–Crippen LogP) is 13.7. The van der Waals surface area contributed by atoms with Gasteiger partial charge in [0.1, 0.15) is 0 Å². The summed E-state index contributed by atoms with van der Waals surface area (Å²) in [4.78, 5) is 14.7. The van der Waals surface area contributed by atoms with Crippen molar-refractivity contribution in [1.29, 1.82) is 0 Å². The standard InChI is InChI=1S/C51H32N4S/c1-3-11-35(12-4-1)49-52-50(36-13-5-2-6-14-36)54-51(53-49)37-21-19-33(20-22-37)34-23-27-40(28-24-34)55-45-17-9-7-15-41(45)43-31-38(25-29-46(43)55)39-26-30-48-44(32-39)42-16-8-10-18-47(42)56-48/h1-32H. The van der Waals surface area contributed by atoms with E-state index in [1.165, 1.54) is 53.1 Å². The molecular weight excluding hydrogens is 701 g/mol. The molecule has 0 amide bonds. The third kappa shape index (κ3) is 5.56. The van der Waals surface area contributed by atoms with E-state index in [9.17, 15) is 0 Å². The molecule has 0 unspecified atom stereocenters. The first-order valence-corrected chi connectivity index (χ1v) is 19.6. The minimum absolute atomic E-state index is 0.648. The van der Waals surface area contributed by atoms with Gasteiger partial charge in [0.15, 0.2) is 17.5 Å². The molecule has 0 saturated carbocycles. The largest absolute Gasteiger partial charge is 0.309 e. The van der Waals surface area contributed by atoms with Gasteiger partial charge < -0.3 is 4.57 Å². The lowest BCUT2D eigenvalue weighted by Crippen LogP contribution is -2.00. The van der Waals surface area contributed by atoms with Crippen LogP contribution >= 0.6 is 11.3 Å². The lowest BCUT2D eigenvalue weighted by atomic mass is 10.0. The van der Waals surface area contributed by atoms with Crippen molar-refractivity contribution in [2.45, 2.75) is 0 Å². The molecule has 56 heavy (non-hydrogen) atoms. The minimum atomic E-state index is 0.648. The highest BCUT2D eigenvalue weighted by atomic mass is 32.1. The molecule has 11 rings (SSSR count). The van der Waals surface area contributed by atoms with Gasteiger partial charge in [-0.1, -0.05) is 146 Å². The first-order chi connectivity index (χ1) is 27.7. The zero-order valence-corrected chi connectivity index (χ0v) is 31.0. The van der Waals surface area contributed by atoms with Crippen LogP contribution in [0.25, 0.3) is 104 Å². The van der Waals surface area contributed by atoms with Crippen LogP contribution < -0.4 is 0 Å². The van der Waals surface area contributed by atoms with Crippen molar-refractivity contribution >= 4 is 53.3 Å². The van der Waals surface area contributed by atoms with Crippen molar-refractivity contribution in [2.75, 3.05) is 0 Å². The Labute approximate surface area is 327 Å². The van der Waals surface area contributed by atoms with E-state index in [4.69, 9.17) is 15.0 Å². The molecule has 0 atom stereocenters. The molecule has 0 aliphatic rings. The predicted molar refractivity (Wildman–Crippen MR) is 234 cm³/mol. The molecule has 3 heterocycles. The molecule has 0 N–H and O–H groups in total. The van der Waals surface area contributed by atoms with Crippen molar-refractivity contribution in [1.82, 2.24) is 19.5 Å². The summed E-state index contributed by atoms with van der Waals surface area (Å²) >= 11 is 1.86. The number of hydrogen-bond acceptors (Lipinski definition) is 4. The Bertz CT molecular complexity index is 3160. The Kier molecular flexibility index (Phi) is 7.64. The summed E-state index contributed by atoms with van der Waals surface area (Å²) in [5.74, 6) is 1.96. The SMILES string of the molecule is c1ccc(-c2nc(-c3ccccc3)nc(-c3ccc(-c4ccc(-n5c6ccccc6c6cc(-c7ccc8sc9ccccc9c8c7)ccc65)cc4)cc3)n2)cc1. The second-order valence-corrected chi connectivity index (χ2v) is 15.1. The van der Waals surface area contributed by atoms with Crippen LogP contribution in [0.5, 0.6) is 0 Å². The van der Waals surface area contributed by atoms with Crippen LogP contribution in [0.4, 0.5) is 0 Å². The van der Waals surface area contributed by atoms with E-state index in [0.717, 1.165) is 33.5 Å². The highest BCUT2D eigenvalue weighted by Crippen LogP contribution is 2.39. The van der Waals surface area contributed by atoms with E-state index in [1.54, 1.807) is 0 Å². The number of para-hydroxylation sites is 1. The first kappa shape index (κ1) is 32.2. The van der Waals surface area contributed by atoms with Crippen molar-refractivity contribution in [2.24, 2.45) is 0 Å². The van der Waals surface area contributed by atoms with Crippen molar-refractivity contribution in [3.63, 3.8) is 0 Å². The molecule has 262 valence electrons. The number of aromatic nitrogens is 4. The number of benzene rings is 8. The van der Waals surface area contributed by atoms with Crippen molar-refractivity contribution < 1.29 is 0 Å². The molecule has 0 spiro atoms. The van der Waals surface area contributed by atoms with Gasteiger partial charge in [0.25, 0.3) is 0 Å². The smallest absolute Gasteiger partial charge is 0.164 e. The fourth-order valence-corrected chi connectivity index (χ4v) is 8.98. The number of rotatable bonds is 6. The second-order valence-electron chi connectivity index (χ2n) is 14.1. The molecule has 0 aliphatic carbocycles. The zero-order chi connectivity index (χ0) is 37.0. The van der Waals surface area contributed by atoms with Crippen LogP contribution in [0.2, 0.25) is 0 Å². The number of thiophene rings is 1. The van der Waals surface area contributed by atoms with Crippen LogP contribution in [0.3, 0.4) is 0 Å². The Balaban J connectivity index is 0.930. The average molecular weight is 733 g/mol. The Hall–Kier alpha value is -7.21. The van der Waals surface area contributed by atoms with Gasteiger partial charge in [-0.2, -0.15) is 0 Å². The Morgan fingerprint density at radius 1 is 0.304 bits per heavy atom. The van der Waals surface area contributed by atoms with E-state index >= 15 is 0 Å². The van der Waals surface area contributed by atoms with E-state index < -0.39 is 0 Å². The maximum Gasteiger partial charge on any atom is 0.164 e. The van der Waals surface area contributed by atoms with Gasteiger partial charge in [0, 0.05) is 53.3 Å². The van der Waals surface area contributed by atoms with Crippen molar-refractivity contribution in [3.05, 3.63) is 194 Å². The Morgan fingerprint density at radius 2 is 0.750 bits per heavy atom. The number of fused-ring (bicyclic) bond motifs is 6. The summed E-state index contributed by atoms with van der Waals surface area (Å²) in [5.41, 5.74) is 11.1. The van der Waals surface area contributed by atoms with Crippen LogP contribution in [0.1, 0.15) is 0 Å². The summed E-state index contributed by atoms with van der Waals surface area (Å²) < 4.78 is 5.03. The minimum Gasteiger partial charge on any atom is -0.309 e. The first-order valence-electron chi connectivity index (χ1n) is 18.8. The highest BCUT2D eigenvalue weighted by Gasteiger charge is 2.16. The summed E-state index contributed by atoms with van der Waals surface area (Å²) in [6.45, 7) is 0. The van der Waals surface area contributed by atoms with Gasteiger partial charge in [-0.15, -0.1) is 11.3 Å².